The van der Waals surface area contributed by atoms with Crippen LogP contribution in [-0.4, -0.2) is 29.2 Å². The van der Waals surface area contributed by atoms with E-state index >= 15 is 0 Å². The molecule has 0 saturated heterocycles. The van der Waals surface area contributed by atoms with Gasteiger partial charge in [0.1, 0.15) is 12.2 Å². The predicted octanol–water partition coefficient (Wildman–Crippen LogP) is 1.28. The maximum atomic E-state index is 13.6. The molecule has 3 aromatic rings. The Bertz CT molecular complexity index is 1070. The molecular formula is C17H14F7N4O3+. The number of imidazole rings is 1. The fraction of sp³-hybridized carbons (Fsp3) is 0.176. The van der Waals surface area contributed by atoms with Crippen molar-refractivity contribution in [1.82, 2.24) is 10.3 Å². The topological polar surface area (TPSA) is 103 Å². The monoisotopic (exact) mass is 455 g/mol. The van der Waals surface area contributed by atoms with Crippen molar-refractivity contribution in [1.29, 1.82) is 0 Å². The number of carbonyl (C=O) groups excluding carboxylic acids is 2. The zero-order valence-electron chi connectivity index (χ0n) is 15.0. The number of carboxylic acids is 1. The minimum absolute atomic E-state index is 0. The summed E-state index contributed by atoms with van der Waals surface area (Å²) in [6, 6.07) is 4.47. The van der Waals surface area contributed by atoms with E-state index in [2.05, 4.69) is 9.97 Å². The van der Waals surface area contributed by atoms with Crippen molar-refractivity contribution in [3.8, 4) is 0 Å². The van der Waals surface area contributed by atoms with Crippen molar-refractivity contribution < 1.29 is 56.2 Å². The average Bonchev–Trinajstić information content (AvgIpc) is 3.11. The van der Waals surface area contributed by atoms with Gasteiger partial charge in [0.05, 0.1) is 6.20 Å². The number of aliphatic carboxylic acids is 1. The number of carboxylic acid groups (broad SMARTS) is 1. The average molecular weight is 455 g/mol. The maximum absolute atomic E-state index is 13.6. The Morgan fingerprint density at radius 2 is 1.77 bits per heavy atom. The lowest BCUT2D eigenvalue weighted by atomic mass is 10.1. The normalized spacial score (nSPS) is 12.6. The highest BCUT2D eigenvalue weighted by molar-refractivity contribution is 5.89. The standard InChI is InChI=1S/C15H10F4N4O.C2HF3O2.H2/c16-9-4-3-7-23-11(9)8-21-13(23)14(24)22-12(15(17,18)19)10-5-1-2-6-20-10;3-2(4,5)1(6)7;/h1-8,12H,(H,22,24);(H,6,7);1H/p+1. The second-order valence-corrected chi connectivity index (χ2v) is 5.80. The van der Waals surface area contributed by atoms with Crippen LogP contribution in [0.3, 0.4) is 0 Å². The number of nitrogens with zero attached hydrogens (tertiary/aromatic N) is 1. The summed E-state index contributed by atoms with van der Waals surface area (Å²) < 4.78 is 86.1. The largest absolute Gasteiger partial charge is 0.542 e. The minimum atomic E-state index is -5.19. The van der Waals surface area contributed by atoms with Crippen LogP contribution in [0, 0.1) is 5.82 Å². The van der Waals surface area contributed by atoms with Crippen LogP contribution in [0.25, 0.3) is 5.52 Å². The smallest absolute Gasteiger partial charge is 0.430 e. The van der Waals surface area contributed by atoms with Gasteiger partial charge in [-0.05, 0) is 12.1 Å². The molecule has 1 unspecified atom stereocenters. The Morgan fingerprint density at radius 3 is 2.29 bits per heavy atom. The van der Waals surface area contributed by atoms with E-state index in [0.717, 1.165) is 4.40 Å². The number of hydrogen-bond acceptors (Lipinski definition) is 3. The quantitative estimate of drug-likeness (QED) is 0.460. The number of fused-ring (bicyclic) bond motifs is 1. The van der Waals surface area contributed by atoms with Gasteiger partial charge in [0.25, 0.3) is 0 Å². The Hall–Kier alpha value is -3.71. The second-order valence-electron chi connectivity index (χ2n) is 5.80. The molecule has 0 bridgehead atoms. The first-order chi connectivity index (χ1) is 14.3. The zero-order chi connectivity index (χ0) is 23.4. The summed E-state index contributed by atoms with van der Waals surface area (Å²) in [5, 5.41) is 10.7. The number of aromatic nitrogens is 3. The molecule has 0 fully saturated rings. The molecule has 3 heterocycles. The van der Waals surface area contributed by atoms with Crippen LogP contribution < -0.4 is 19.8 Å². The zero-order valence-corrected chi connectivity index (χ0v) is 15.0. The number of rotatable bonds is 3. The van der Waals surface area contributed by atoms with Crippen molar-refractivity contribution >= 4 is 17.4 Å². The third-order valence-corrected chi connectivity index (χ3v) is 3.66. The van der Waals surface area contributed by atoms with E-state index in [-0.39, 0.29) is 18.5 Å². The van der Waals surface area contributed by atoms with Crippen LogP contribution in [0.15, 0.2) is 48.9 Å². The van der Waals surface area contributed by atoms with Crippen LogP contribution in [0.2, 0.25) is 0 Å². The predicted molar refractivity (Wildman–Crippen MR) is 86.3 cm³/mol. The molecule has 0 radical (unpaired) electrons. The van der Waals surface area contributed by atoms with Crippen LogP contribution in [-0.2, 0) is 4.79 Å². The number of H-pyrrole nitrogens is 2. The molecule has 3 rings (SSSR count). The summed E-state index contributed by atoms with van der Waals surface area (Å²) in [5.41, 5.74) is -0.164. The van der Waals surface area contributed by atoms with E-state index in [1.807, 2.05) is 5.32 Å². The van der Waals surface area contributed by atoms with Crippen molar-refractivity contribution in [3.05, 3.63) is 66.3 Å². The van der Waals surface area contributed by atoms with E-state index in [1.165, 1.54) is 48.9 Å². The number of hydrogen-bond donors (Lipinski definition) is 2. The fourth-order valence-electron chi connectivity index (χ4n) is 2.33. The molecule has 0 saturated carbocycles. The molecule has 0 aliphatic rings. The number of halogens is 7. The van der Waals surface area contributed by atoms with E-state index < -0.39 is 36.1 Å². The summed E-state index contributed by atoms with van der Waals surface area (Å²) in [6.45, 7) is 0. The van der Waals surface area contributed by atoms with Gasteiger partial charge in [-0.1, -0.05) is 6.07 Å². The van der Waals surface area contributed by atoms with E-state index in [0.29, 0.717) is 0 Å². The van der Waals surface area contributed by atoms with Crippen molar-refractivity contribution in [3.63, 3.8) is 0 Å². The molecule has 3 aromatic heterocycles. The van der Waals surface area contributed by atoms with Gasteiger partial charge in [0.2, 0.25) is 17.3 Å². The third kappa shape index (κ3) is 5.90. The second kappa shape index (κ2) is 8.97. The number of amides is 1. The molecule has 1 amide bonds. The van der Waals surface area contributed by atoms with Gasteiger partial charge in [-0.25, -0.2) is 14.4 Å². The third-order valence-electron chi connectivity index (χ3n) is 3.66. The minimum Gasteiger partial charge on any atom is -0.542 e. The van der Waals surface area contributed by atoms with Crippen molar-refractivity contribution in [2.24, 2.45) is 0 Å². The van der Waals surface area contributed by atoms with Crippen molar-refractivity contribution in [2.45, 2.75) is 18.4 Å². The number of carbonyl (C=O) groups is 2. The number of alkyl halides is 6. The first-order valence-electron chi connectivity index (χ1n) is 8.12. The molecule has 1 atom stereocenters. The molecule has 3 N–H and O–H groups in total. The molecule has 0 aromatic carbocycles. The molecule has 0 aliphatic carbocycles. The highest BCUT2D eigenvalue weighted by Crippen LogP contribution is 2.30. The number of pyridine rings is 2. The first kappa shape index (κ1) is 23.6. The highest BCUT2D eigenvalue weighted by Gasteiger charge is 2.46. The molecule has 14 heteroatoms. The Labute approximate surface area is 169 Å². The lowest BCUT2D eigenvalue weighted by Crippen LogP contribution is -2.44. The Balaban J connectivity index is 0.000000558. The summed E-state index contributed by atoms with van der Waals surface area (Å²) in [5.74, 6) is -4.83. The van der Waals surface area contributed by atoms with Crippen LogP contribution >= 0.6 is 0 Å². The molecule has 0 aliphatic heterocycles. The van der Waals surface area contributed by atoms with Crippen molar-refractivity contribution in [2.75, 3.05) is 0 Å². The molecule has 168 valence electrons. The van der Waals surface area contributed by atoms with Crippen LogP contribution in [0.4, 0.5) is 30.7 Å². The first-order valence-corrected chi connectivity index (χ1v) is 8.12. The van der Waals surface area contributed by atoms with Crippen LogP contribution in [0.1, 0.15) is 23.8 Å². The summed E-state index contributed by atoms with van der Waals surface area (Å²) >= 11 is 0. The van der Waals surface area contributed by atoms with E-state index in [9.17, 15) is 35.5 Å². The summed E-state index contributed by atoms with van der Waals surface area (Å²) in [6.07, 6.45) is -5.98. The van der Waals surface area contributed by atoms with Gasteiger partial charge in [-0.3, -0.25) is 4.79 Å². The summed E-state index contributed by atoms with van der Waals surface area (Å²) in [7, 11) is 0. The van der Waals surface area contributed by atoms with Crippen LogP contribution in [0.5, 0.6) is 0 Å². The number of nitrogens with one attached hydrogen (secondary N) is 3. The van der Waals surface area contributed by atoms with Gasteiger partial charge >= 0.3 is 24.1 Å². The Kier molecular flexibility index (Phi) is 6.82. The molecule has 0 spiro atoms. The van der Waals surface area contributed by atoms with E-state index in [4.69, 9.17) is 9.90 Å². The molecule has 31 heavy (non-hydrogen) atoms. The SMILES string of the molecule is O=C(NC(c1cccc[nH+]1)C(F)(F)F)c1[nH]cc2c(F)ccc[n+]12.O=C([O-])C(F)(F)F.[HH]. The van der Waals surface area contributed by atoms with Gasteiger partial charge < -0.3 is 15.2 Å². The van der Waals surface area contributed by atoms with Gasteiger partial charge in [-0.2, -0.15) is 30.7 Å². The highest BCUT2D eigenvalue weighted by atomic mass is 19.4. The number of aromatic amines is 2. The van der Waals surface area contributed by atoms with E-state index in [1.54, 1.807) is 0 Å². The van der Waals surface area contributed by atoms with Gasteiger partial charge in [-0.15, -0.1) is 0 Å². The maximum Gasteiger partial charge on any atom is 0.430 e. The Morgan fingerprint density at radius 1 is 1.13 bits per heavy atom. The summed E-state index contributed by atoms with van der Waals surface area (Å²) in [4.78, 5) is 26.0. The van der Waals surface area contributed by atoms with Gasteiger partial charge in [0.15, 0.2) is 12.0 Å². The fourth-order valence-corrected chi connectivity index (χ4v) is 2.33. The lowest BCUT2D eigenvalue weighted by Gasteiger charge is -2.16. The van der Waals surface area contributed by atoms with Gasteiger partial charge in [0, 0.05) is 13.6 Å². The lowest BCUT2D eigenvalue weighted by molar-refractivity contribution is -0.515. The molecular weight excluding hydrogens is 441 g/mol. The molecule has 7 nitrogen and oxygen atoms in total.